The maximum absolute atomic E-state index is 12.9. The first-order chi connectivity index (χ1) is 13.5. The summed E-state index contributed by atoms with van der Waals surface area (Å²) in [6.07, 6.45) is 1.54. The van der Waals surface area contributed by atoms with Gasteiger partial charge >= 0.3 is 0 Å². The number of rotatable bonds is 5. The number of thioether (sulfide) groups is 1. The summed E-state index contributed by atoms with van der Waals surface area (Å²) in [5.74, 6) is 0.375. The van der Waals surface area contributed by atoms with Gasteiger partial charge in [-0.2, -0.15) is 0 Å². The molecule has 3 aromatic heterocycles. The van der Waals surface area contributed by atoms with Crippen molar-refractivity contribution in [2.45, 2.75) is 18.9 Å². The van der Waals surface area contributed by atoms with Gasteiger partial charge in [0.2, 0.25) is 0 Å². The molecule has 1 aromatic carbocycles. The Balaban J connectivity index is 1.60. The zero-order valence-electron chi connectivity index (χ0n) is 15.1. The zero-order chi connectivity index (χ0) is 19.8. The van der Waals surface area contributed by atoms with Crippen LogP contribution >= 0.6 is 46.3 Å². The minimum Gasteiger partial charge on any atom is -0.318 e. The molecule has 4 rings (SSSR count). The third kappa shape index (κ3) is 3.57. The molecule has 0 unspecified atom stereocenters. The second kappa shape index (κ2) is 7.87. The van der Waals surface area contributed by atoms with E-state index in [0.29, 0.717) is 21.4 Å². The van der Waals surface area contributed by atoms with Crippen molar-refractivity contribution in [2.24, 2.45) is 0 Å². The summed E-state index contributed by atoms with van der Waals surface area (Å²) in [7, 11) is 0. The highest BCUT2D eigenvalue weighted by atomic mass is 35.5. The van der Waals surface area contributed by atoms with Gasteiger partial charge in [-0.05, 0) is 49.6 Å². The Labute approximate surface area is 180 Å². The van der Waals surface area contributed by atoms with Crippen LogP contribution in [0.25, 0.3) is 15.9 Å². The van der Waals surface area contributed by atoms with E-state index in [-0.39, 0.29) is 5.78 Å². The van der Waals surface area contributed by atoms with Crippen molar-refractivity contribution in [3.8, 4) is 5.69 Å². The Bertz CT molecular complexity index is 1200. The Hall–Kier alpha value is -1.86. The van der Waals surface area contributed by atoms with Gasteiger partial charge in [0.25, 0.3) is 0 Å². The maximum Gasteiger partial charge on any atom is 0.174 e. The Morgan fingerprint density at radius 3 is 2.75 bits per heavy atom. The largest absolute Gasteiger partial charge is 0.318 e. The number of hydrogen-bond acceptors (Lipinski definition) is 5. The molecule has 0 spiro atoms. The third-order valence-corrected chi connectivity index (χ3v) is 7.02. The molecule has 0 fully saturated rings. The maximum atomic E-state index is 12.9. The number of Topliss-reactive ketones (excluding diaryl/α,β-unsaturated/α-hetero) is 1. The van der Waals surface area contributed by atoms with E-state index in [4.69, 9.17) is 23.2 Å². The molecular formula is C20H15Cl2N3OS2. The topological polar surface area (TPSA) is 47.8 Å². The van der Waals surface area contributed by atoms with Crippen molar-refractivity contribution in [1.82, 2.24) is 14.5 Å². The van der Waals surface area contributed by atoms with E-state index in [1.807, 2.05) is 42.0 Å². The average molecular weight is 448 g/mol. The summed E-state index contributed by atoms with van der Waals surface area (Å²) in [4.78, 5) is 22.4. The van der Waals surface area contributed by atoms with Crippen LogP contribution in [-0.2, 0) is 0 Å². The molecule has 3 heterocycles. The summed E-state index contributed by atoms with van der Waals surface area (Å²) in [6.45, 7) is 3.91. The van der Waals surface area contributed by atoms with E-state index < -0.39 is 0 Å². The van der Waals surface area contributed by atoms with Gasteiger partial charge in [0, 0.05) is 28.0 Å². The van der Waals surface area contributed by atoms with E-state index >= 15 is 0 Å². The van der Waals surface area contributed by atoms with Gasteiger partial charge in [-0.1, -0.05) is 35.0 Å². The standard InChI is InChI=1S/C20H15Cl2N3OS2/c1-11-7-15(12(2)25(11)13-3-4-16(21)17(22)8-13)18(26)9-28-20-14-5-6-27-19(14)23-10-24-20/h3-8,10H,9H2,1-2H3. The molecule has 0 bridgehead atoms. The number of benzene rings is 1. The fourth-order valence-electron chi connectivity index (χ4n) is 3.16. The Morgan fingerprint density at radius 1 is 1.14 bits per heavy atom. The van der Waals surface area contributed by atoms with Gasteiger partial charge in [0.15, 0.2) is 5.78 Å². The molecule has 0 aliphatic heterocycles. The molecular weight excluding hydrogens is 433 g/mol. The molecule has 142 valence electrons. The van der Waals surface area contributed by atoms with Crippen molar-refractivity contribution >= 4 is 62.3 Å². The summed E-state index contributed by atoms with van der Waals surface area (Å²) in [6, 6.07) is 9.37. The number of hydrogen-bond donors (Lipinski definition) is 0. The lowest BCUT2D eigenvalue weighted by atomic mass is 10.2. The minimum atomic E-state index is 0.0615. The first-order valence-corrected chi connectivity index (χ1v) is 11.1. The van der Waals surface area contributed by atoms with Gasteiger partial charge in [0.05, 0.1) is 15.8 Å². The minimum absolute atomic E-state index is 0.0615. The molecule has 28 heavy (non-hydrogen) atoms. The predicted octanol–water partition coefficient (Wildman–Crippen LogP) is 6.38. The van der Waals surface area contributed by atoms with Gasteiger partial charge in [-0.15, -0.1) is 11.3 Å². The Morgan fingerprint density at radius 2 is 1.96 bits per heavy atom. The first-order valence-electron chi connectivity index (χ1n) is 8.44. The van der Waals surface area contributed by atoms with Crippen molar-refractivity contribution < 1.29 is 4.79 Å². The molecule has 4 nitrogen and oxygen atoms in total. The number of ketones is 1. The second-order valence-corrected chi connectivity index (χ2v) is 8.92. The molecule has 0 saturated heterocycles. The van der Waals surface area contributed by atoms with Crippen LogP contribution in [0.3, 0.4) is 0 Å². The van der Waals surface area contributed by atoms with Gasteiger partial charge in [0.1, 0.15) is 16.2 Å². The molecule has 0 aliphatic rings. The second-order valence-electron chi connectivity index (χ2n) is 6.25. The molecule has 0 aliphatic carbocycles. The number of carbonyl (C=O) groups excluding carboxylic acids is 1. The lowest BCUT2D eigenvalue weighted by molar-refractivity contribution is 0.102. The fraction of sp³-hybridized carbons (Fsp3) is 0.150. The number of thiophene rings is 1. The van der Waals surface area contributed by atoms with Gasteiger partial charge in [-0.25, -0.2) is 9.97 Å². The summed E-state index contributed by atoms with van der Waals surface area (Å²) < 4.78 is 2.02. The van der Waals surface area contributed by atoms with Gasteiger partial charge in [-0.3, -0.25) is 4.79 Å². The van der Waals surface area contributed by atoms with Crippen LogP contribution in [0.5, 0.6) is 0 Å². The van der Waals surface area contributed by atoms with Crippen LogP contribution in [0.2, 0.25) is 10.0 Å². The molecule has 4 aromatic rings. The van der Waals surface area contributed by atoms with Gasteiger partial charge < -0.3 is 4.57 Å². The molecule has 0 saturated carbocycles. The normalized spacial score (nSPS) is 11.3. The lowest BCUT2D eigenvalue weighted by Crippen LogP contribution is -2.06. The van der Waals surface area contributed by atoms with Crippen LogP contribution in [0, 0.1) is 13.8 Å². The SMILES string of the molecule is Cc1cc(C(=O)CSc2ncnc3sccc23)c(C)n1-c1ccc(Cl)c(Cl)c1. The lowest BCUT2D eigenvalue weighted by Gasteiger charge is -2.11. The molecule has 0 N–H and O–H groups in total. The number of aryl methyl sites for hydroxylation is 1. The zero-order valence-corrected chi connectivity index (χ0v) is 18.2. The van der Waals surface area contributed by atoms with E-state index in [1.165, 1.54) is 11.8 Å². The van der Waals surface area contributed by atoms with E-state index in [9.17, 15) is 4.79 Å². The highest BCUT2D eigenvalue weighted by Gasteiger charge is 2.18. The summed E-state index contributed by atoms with van der Waals surface area (Å²) >= 11 is 15.2. The van der Waals surface area contributed by atoms with Crippen LogP contribution < -0.4 is 0 Å². The van der Waals surface area contributed by atoms with Crippen molar-refractivity contribution in [2.75, 3.05) is 5.75 Å². The smallest absolute Gasteiger partial charge is 0.174 e. The van der Waals surface area contributed by atoms with Crippen LogP contribution in [0.15, 0.2) is 47.1 Å². The quantitative estimate of drug-likeness (QED) is 0.202. The Kier molecular flexibility index (Phi) is 5.47. The number of nitrogens with zero attached hydrogens (tertiary/aromatic N) is 3. The highest BCUT2D eigenvalue weighted by molar-refractivity contribution is 8.00. The van der Waals surface area contributed by atoms with E-state index in [1.54, 1.807) is 29.8 Å². The van der Waals surface area contributed by atoms with Crippen molar-refractivity contribution in [3.05, 3.63) is 69.0 Å². The first kappa shape index (κ1) is 19.5. The monoisotopic (exact) mass is 447 g/mol. The summed E-state index contributed by atoms with van der Waals surface area (Å²) in [5.41, 5.74) is 3.43. The molecule has 8 heteroatoms. The number of fused-ring (bicyclic) bond motifs is 1. The fourth-order valence-corrected chi connectivity index (χ4v) is 5.12. The number of aromatic nitrogens is 3. The average Bonchev–Trinajstić information content (AvgIpc) is 3.27. The third-order valence-electron chi connectivity index (χ3n) is 4.46. The summed E-state index contributed by atoms with van der Waals surface area (Å²) in [5, 5.41) is 4.80. The highest BCUT2D eigenvalue weighted by Crippen LogP contribution is 2.30. The van der Waals surface area contributed by atoms with Crippen molar-refractivity contribution in [3.63, 3.8) is 0 Å². The number of halogens is 2. The van der Waals surface area contributed by atoms with E-state index in [2.05, 4.69) is 9.97 Å². The molecule has 0 amide bonds. The predicted molar refractivity (Wildman–Crippen MR) is 118 cm³/mol. The molecule has 0 atom stereocenters. The van der Waals surface area contributed by atoms with Crippen LogP contribution in [-0.4, -0.2) is 26.1 Å². The molecule has 0 radical (unpaired) electrons. The van der Waals surface area contributed by atoms with Crippen LogP contribution in [0.4, 0.5) is 0 Å². The van der Waals surface area contributed by atoms with Crippen molar-refractivity contribution in [1.29, 1.82) is 0 Å². The van der Waals surface area contributed by atoms with Crippen LogP contribution in [0.1, 0.15) is 21.7 Å². The van der Waals surface area contributed by atoms with E-state index in [0.717, 1.165) is 32.3 Å². The number of carbonyl (C=O) groups is 1.